The van der Waals surface area contributed by atoms with E-state index < -0.39 is 34.4 Å². The number of benzene rings is 3. The number of nitrogens with one attached hydrogen (secondary N) is 1. The summed E-state index contributed by atoms with van der Waals surface area (Å²) in [6.07, 6.45) is 0. The van der Waals surface area contributed by atoms with Crippen LogP contribution < -0.4 is 10.7 Å². The van der Waals surface area contributed by atoms with Crippen molar-refractivity contribution in [2.24, 2.45) is 0 Å². The second kappa shape index (κ2) is 7.47. The van der Waals surface area contributed by atoms with Gasteiger partial charge in [-0.15, -0.1) is 0 Å². The summed E-state index contributed by atoms with van der Waals surface area (Å²) in [4.78, 5) is 12.6. The van der Waals surface area contributed by atoms with Gasteiger partial charge in [0.15, 0.2) is 28.5 Å². The maximum atomic E-state index is 13.9. The first-order valence-corrected chi connectivity index (χ1v) is 8.81. The van der Waals surface area contributed by atoms with E-state index in [-0.39, 0.29) is 34.5 Å². The van der Waals surface area contributed by atoms with Gasteiger partial charge >= 0.3 is 0 Å². The summed E-state index contributed by atoms with van der Waals surface area (Å²) in [5.74, 6) is -5.13. The SMILES string of the molecule is O=c1cc(-c2ccccc2)oc2c(CNc3ccc(F)c(F)c3F)c(O)cc(O)c12. The molecule has 1 aromatic heterocycles. The Morgan fingerprint density at radius 2 is 1.63 bits per heavy atom. The molecule has 4 aromatic rings. The third-order valence-electron chi connectivity index (χ3n) is 4.61. The Morgan fingerprint density at radius 1 is 0.900 bits per heavy atom. The number of halogens is 3. The molecule has 0 atom stereocenters. The molecule has 1 heterocycles. The molecule has 152 valence electrons. The maximum Gasteiger partial charge on any atom is 0.197 e. The molecule has 0 amide bonds. The summed E-state index contributed by atoms with van der Waals surface area (Å²) in [7, 11) is 0. The molecular weight excluding hydrogens is 399 g/mol. The van der Waals surface area contributed by atoms with Crippen molar-refractivity contribution in [2.75, 3.05) is 5.32 Å². The van der Waals surface area contributed by atoms with Crippen LogP contribution in [0, 0.1) is 17.5 Å². The Labute approximate surface area is 167 Å². The van der Waals surface area contributed by atoms with Crippen LogP contribution in [0.2, 0.25) is 0 Å². The lowest BCUT2D eigenvalue weighted by Crippen LogP contribution is -2.07. The molecule has 0 aliphatic rings. The van der Waals surface area contributed by atoms with Crippen LogP contribution in [0.25, 0.3) is 22.3 Å². The molecule has 0 saturated heterocycles. The van der Waals surface area contributed by atoms with E-state index in [1.165, 1.54) is 6.07 Å². The Morgan fingerprint density at radius 3 is 2.37 bits per heavy atom. The Kier molecular flexibility index (Phi) is 4.83. The molecular formula is C22H14F3NO4. The van der Waals surface area contributed by atoms with Crippen molar-refractivity contribution in [1.29, 1.82) is 0 Å². The zero-order chi connectivity index (χ0) is 21.4. The predicted molar refractivity (Wildman–Crippen MR) is 105 cm³/mol. The number of phenolic OH excluding ortho intramolecular Hbond substituents is 2. The van der Waals surface area contributed by atoms with Crippen LogP contribution >= 0.6 is 0 Å². The van der Waals surface area contributed by atoms with Crippen LogP contribution in [-0.4, -0.2) is 10.2 Å². The molecule has 0 spiro atoms. The summed E-state index contributed by atoms with van der Waals surface area (Å²) in [5.41, 5.74) is -0.398. The molecule has 4 rings (SSSR count). The van der Waals surface area contributed by atoms with E-state index in [0.717, 1.165) is 18.2 Å². The van der Waals surface area contributed by atoms with Gasteiger partial charge in [-0.1, -0.05) is 30.3 Å². The van der Waals surface area contributed by atoms with Gasteiger partial charge in [0.25, 0.3) is 0 Å². The van der Waals surface area contributed by atoms with Crippen molar-refractivity contribution >= 4 is 16.7 Å². The quantitative estimate of drug-likeness (QED) is 0.415. The van der Waals surface area contributed by atoms with E-state index in [1.54, 1.807) is 30.3 Å². The normalized spacial score (nSPS) is 11.0. The number of fused-ring (bicyclic) bond motifs is 1. The van der Waals surface area contributed by atoms with Crippen molar-refractivity contribution in [2.45, 2.75) is 6.54 Å². The first-order valence-electron chi connectivity index (χ1n) is 8.81. The Bertz CT molecular complexity index is 1320. The first-order chi connectivity index (χ1) is 14.4. The lowest BCUT2D eigenvalue weighted by atomic mass is 10.1. The Hall–Kier alpha value is -3.94. The largest absolute Gasteiger partial charge is 0.507 e. The van der Waals surface area contributed by atoms with E-state index >= 15 is 0 Å². The van der Waals surface area contributed by atoms with Crippen LogP contribution in [-0.2, 0) is 6.54 Å². The van der Waals surface area contributed by atoms with Crippen LogP contribution in [0.5, 0.6) is 11.5 Å². The fraction of sp³-hybridized carbons (Fsp3) is 0.0455. The topological polar surface area (TPSA) is 82.7 Å². The highest BCUT2D eigenvalue weighted by Gasteiger charge is 2.19. The van der Waals surface area contributed by atoms with E-state index in [0.29, 0.717) is 5.56 Å². The van der Waals surface area contributed by atoms with E-state index in [4.69, 9.17) is 4.42 Å². The zero-order valence-electron chi connectivity index (χ0n) is 15.2. The third kappa shape index (κ3) is 3.32. The minimum atomic E-state index is -1.64. The first kappa shape index (κ1) is 19.4. The molecule has 5 nitrogen and oxygen atoms in total. The van der Waals surface area contributed by atoms with Gasteiger partial charge in [0.05, 0.1) is 11.3 Å². The highest BCUT2D eigenvalue weighted by molar-refractivity contribution is 5.89. The molecule has 3 N–H and O–H groups in total. The summed E-state index contributed by atoms with van der Waals surface area (Å²) >= 11 is 0. The van der Waals surface area contributed by atoms with Gasteiger partial charge in [0.1, 0.15) is 22.6 Å². The smallest absolute Gasteiger partial charge is 0.197 e. The average molecular weight is 413 g/mol. The monoisotopic (exact) mass is 413 g/mol. The summed E-state index contributed by atoms with van der Waals surface area (Å²) in [5, 5.41) is 22.8. The summed E-state index contributed by atoms with van der Waals surface area (Å²) in [6, 6.07) is 12.6. The molecule has 3 aromatic carbocycles. The zero-order valence-corrected chi connectivity index (χ0v) is 15.2. The van der Waals surface area contributed by atoms with Crippen molar-refractivity contribution in [3.63, 3.8) is 0 Å². The Balaban J connectivity index is 1.84. The fourth-order valence-corrected chi connectivity index (χ4v) is 3.12. The predicted octanol–water partition coefficient (Wildman–Crippen LogP) is 4.90. The number of anilines is 1. The van der Waals surface area contributed by atoms with Crippen molar-refractivity contribution in [1.82, 2.24) is 0 Å². The van der Waals surface area contributed by atoms with E-state index in [9.17, 15) is 28.2 Å². The highest BCUT2D eigenvalue weighted by atomic mass is 19.2. The molecule has 0 radical (unpaired) electrons. The van der Waals surface area contributed by atoms with Crippen LogP contribution in [0.1, 0.15) is 5.56 Å². The molecule has 0 aliphatic heterocycles. The fourth-order valence-electron chi connectivity index (χ4n) is 3.12. The highest BCUT2D eigenvalue weighted by Crippen LogP contribution is 2.35. The maximum absolute atomic E-state index is 13.9. The second-order valence-corrected chi connectivity index (χ2v) is 6.51. The number of hydrogen-bond acceptors (Lipinski definition) is 5. The van der Waals surface area contributed by atoms with Crippen molar-refractivity contribution < 1.29 is 27.8 Å². The molecule has 0 unspecified atom stereocenters. The molecule has 0 aliphatic carbocycles. The number of rotatable bonds is 4. The van der Waals surface area contributed by atoms with Gasteiger partial charge in [0, 0.05) is 24.2 Å². The molecule has 30 heavy (non-hydrogen) atoms. The summed E-state index contributed by atoms with van der Waals surface area (Å²) in [6.45, 7) is -0.300. The summed E-state index contributed by atoms with van der Waals surface area (Å²) < 4.78 is 46.3. The standard InChI is InChI=1S/C22H14F3NO4/c23-13-6-7-14(21(25)20(13)24)26-10-12-15(27)8-16(28)19-17(29)9-18(30-22(12)19)11-4-2-1-3-5-11/h1-9,26-28H,10H2. The molecule has 8 heteroatoms. The van der Waals surface area contributed by atoms with Crippen LogP contribution in [0.15, 0.2) is 63.8 Å². The van der Waals surface area contributed by atoms with Gasteiger partial charge in [-0.05, 0) is 12.1 Å². The van der Waals surface area contributed by atoms with Gasteiger partial charge in [-0.3, -0.25) is 4.79 Å². The molecule has 0 bridgehead atoms. The van der Waals surface area contributed by atoms with Gasteiger partial charge in [-0.2, -0.15) is 0 Å². The van der Waals surface area contributed by atoms with Crippen LogP contribution in [0.4, 0.5) is 18.9 Å². The lowest BCUT2D eigenvalue weighted by molar-refractivity contribution is 0.445. The average Bonchev–Trinajstić information content (AvgIpc) is 2.73. The van der Waals surface area contributed by atoms with Crippen molar-refractivity contribution in [3.8, 4) is 22.8 Å². The van der Waals surface area contributed by atoms with E-state index in [2.05, 4.69) is 5.32 Å². The minimum absolute atomic E-state index is 0.0295. The number of hydrogen-bond donors (Lipinski definition) is 3. The second-order valence-electron chi connectivity index (χ2n) is 6.51. The molecule has 0 saturated carbocycles. The lowest BCUT2D eigenvalue weighted by Gasteiger charge is -2.13. The van der Waals surface area contributed by atoms with Crippen LogP contribution in [0.3, 0.4) is 0 Å². The number of aromatic hydroxyl groups is 2. The number of phenols is 2. The van der Waals surface area contributed by atoms with Gasteiger partial charge < -0.3 is 19.9 Å². The third-order valence-corrected chi connectivity index (χ3v) is 4.61. The van der Waals surface area contributed by atoms with E-state index in [1.807, 2.05) is 0 Å². The van der Waals surface area contributed by atoms with Gasteiger partial charge in [-0.25, -0.2) is 13.2 Å². The molecule has 0 fully saturated rings. The van der Waals surface area contributed by atoms with Crippen molar-refractivity contribution in [3.05, 3.63) is 87.8 Å². The van der Waals surface area contributed by atoms with Gasteiger partial charge in [0.2, 0.25) is 0 Å². The minimum Gasteiger partial charge on any atom is -0.507 e.